The van der Waals surface area contributed by atoms with Gasteiger partial charge in [0.2, 0.25) is 5.89 Å². The number of anilines is 3. The molecule has 0 spiro atoms. The number of hydrogen-bond acceptors (Lipinski definition) is 4. The van der Waals surface area contributed by atoms with Crippen molar-refractivity contribution in [2.45, 2.75) is 0 Å². The zero-order chi connectivity index (χ0) is 29.7. The molecule has 9 aromatic rings. The monoisotopic (exact) mass is 578 g/mol. The summed E-state index contributed by atoms with van der Waals surface area (Å²) in [5.74, 6) is 0.613. The molecule has 0 N–H and O–H groups in total. The van der Waals surface area contributed by atoms with E-state index >= 15 is 0 Å². The van der Waals surface area contributed by atoms with Gasteiger partial charge < -0.3 is 13.7 Å². The Morgan fingerprint density at radius 3 is 2.07 bits per heavy atom. The molecular weight excluding hydrogens is 552 g/mol. The summed E-state index contributed by atoms with van der Waals surface area (Å²) >= 11 is 0. The van der Waals surface area contributed by atoms with Crippen molar-refractivity contribution in [2.24, 2.45) is 0 Å². The molecular formula is C41H26N2O2. The number of fused-ring (bicyclic) bond motifs is 6. The quantitative estimate of drug-likeness (QED) is 0.204. The Morgan fingerprint density at radius 2 is 1.18 bits per heavy atom. The van der Waals surface area contributed by atoms with E-state index in [0.717, 1.165) is 77.6 Å². The first-order chi connectivity index (χ1) is 22.3. The number of para-hydroxylation sites is 2. The van der Waals surface area contributed by atoms with Crippen LogP contribution in [0.1, 0.15) is 0 Å². The molecule has 0 fully saturated rings. The first kappa shape index (κ1) is 25.4. The molecule has 45 heavy (non-hydrogen) atoms. The molecule has 0 aliphatic carbocycles. The van der Waals surface area contributed by atoms with Crippen molar-refractivity contribution in [3.63, 3.8) is 0 Å². The molecule has 2 heterocycles. The van der Waals surface area contributed by atoms with E-state index in [2.05, 4.69) is 102 Å². The van der Waals surface area contributed by atoms with Gasteiger partial charge in [-0.15, -0.1) is 0 Å². The Hall–Kier alpha value is -6.13. The normalized spacial score (nSPS) is 11.6. The van der Waals surface area contributed by atoms with Gasteiger partial charge >= 0.3 is 0 Å². The van der Waals surface area contributed by atoms with Gasteiger partial charge in [-0.2, -0.15) is 0 Å². The topological polar surface area (TPSA) is 42.4 Å². The van der Waals surface area contributed by atoms with Crippen LogP contribution in [-0.4, -0.2) is 4.98 Å². The van der Waals surface area contributed by atoms with E-state index in [-0.39, 0.29) is 0 Å². The van der Waals surface area contributed by atoms with E-state index in [9.17, 15) is 0 Å². The minimum absolute atomic E-state index is 0.613. The molecule has 0 amide bonds. The summed E-state index contributed by atoms with van der Waals surface area (Å²) in [6.07, 6.45) is 0. The molecule has 0 radical (unpaired) electrons. The Morgan fingerprint density at radius 1 is 0.467 bits per heavy atom. The first-order valence-corrected chi connectivity index (χ1v) is 15.1. The van der Waals surface area contributed by atoms with Crippen LogP contribution in [0.15, 0.2) is 167 Å². The maximum absolute atomic E-state index is 6.32. The molecule has 0 aliphatic rings. The molecule has 212 valence electrons. The molecule has 2 aromatic heterocycles. The minimum Gasteiger partial charge on any atom is -0.456 e. The lowest BCUT2D eigenvalue weighted by Gasteiger charge is -2.27. The smallest absolute Gasteiger partial charge is 0.227 e. The van der Waals surface area contributed by atoms with Crippen molar-refractivity contribution in [2.75, 3.05) is 4.90 Å². The van der Waals surface area contributed by atoms with Crippen LogP contribution in [0, 0.1) is 0 Å². The second-order valence-electron chi connectivity index (χ2n) is 11.2. The van der Waals surface area contributed by atoms with Crippen LogP contribution >= 0.6 is 0 Å². The van der Waals surface area contributed by atoms with Gasteiger partial charge in [0, 0.05) is 33.1 Å². The molecule has 0 atom stereocenters. The van der Waals surface area contributed by atoms with Crippen LogP contribution in [0.3, 0.4) is 0 Å². The van der Waals surface area contributed by atoms with Crippen LogP contribution < -0.4 is 4.90 Å². The molecule has 7 aromatic carbocycles. The van der Waals surface area contributed by atoms with Gasteiger partial charge in [-0.05, 0) is 77.2 Å². The predicted molar refractivity (Wildman–Crippen MR) is 184 cm³/mol. The van der Waals surface area contributed by atoms with Gasteiger partial charge in [0.25, 0.3) is 0 Å². The highest BCUT2D eigenvalue weighted by molar-refractivity contribution is 6.14. The largest absolute Gasteiger partial charge is 0.456 e. The van der Waals surface area contributed by atoms with E-state index in [1.54, 1.807) is 0 Å². The lowest BCUT2D eigenvalue weighted by atomic mass is 9.98. The number of hydrogen-bond donors (Lipinski definition) is 0. The second kappa shape index (κ2) is 10.2. The lowest BCUT2D eigenvalue weighted by Crippen LogP contribution is -2.10. The van der Waals surface area contributed by atoms with E-state index in [0.29, 0.717) is 5.89 Å². The van der Waals surface area contributed by atoms with E-state index < -0.39 is 0 Å². The van der Waals surface area contributed by atoms with E-state index in [1.165, 1.54) is 0 Å². The molecule has 4 heteroatoms. The Balaban J connectivity index is 1.28. The predicted octanol–water partition coefficient (Wildman–Crippen LogP) is 11.7. The molecule has 0 aliphatic heterocycles. The van der Waals surface area contributed by atoms with Crippen LogP contribution in [-0.2, 0) is 0 Å². The summed E-state index contributed by atoms with van der Waals surface area (Å²) in [4.78, 5) is 7.38. The first-order valence-electron chi connectivity index (χ1n) is 15.1. The highest BCUT2D eigenvalue weighted by Crippen LogP contribution is 2.44. The maximum Gasteiger partial charge on any atom is 0.227 e. The molecule has 0 unspecified atom stereocenters. The fourth-order valence-electron chi connectivity index (χ4n) is 6.47. The summed E-state index contributed by atoms with van der Waals surface area (Å²) in [5.41, 5.74) is 9.70. The van der Waals surface area contributed by atoms with Crippen LogP contribution in [0.5, 0.6) is 0 Å². The number of rotatable bonds is 5. The van der Waals surface area contributed by atoms with Crippen LogP contribution in [0.4, 0.5) is 17.1 Å². The van der Waals surface area contributed by atoms with Gasteiger partial charge in [0.1, 0.15) is 16.7 Å². The fraction of sp³-hybridized carbons (Fsp3) is 0. The van der Waals surface area contributed by atoms with Crippen molar-refractivity contribution in [3.05, 3.63) is 158 Å². The lowest BCUT2D eigenvalue weighted by molar-refractivity contribution is 0.620. The second-order valence-corrected chi connectivity index (χ2v) is 11.2. The molecule has 0 saturated heterocycles. The SMILES string of the molecule is c1ccc(-c2nc3c(ccc4cccc(N(c5ccccc5)c5cccc(-c6cccc7oc8ccccc8c67)c5)c43)o2)cc1. The number of aromatic nitrogens is 1. The zero-order valence-electron chi connectivity index (χ0n) is 24.2. The number of nitrogens with zero attached hydrogens (tertiary/aromatic N) is 2. The maximum atomic E-state index is 6.32. The molecule has 0 bridgehead atoms. The zero-order valence-corrected chi connectivity index (χ0v) is 24.2. The van der Waals surface area contributed by atoms with E-state index in [1.807, 2.05) is 60.7 Å². The van der Waals surface area contributed by atoms with E-state index in [4.69, 9.17) is 13.8 Å². The standard InChI is InChI=1S/C41H26N2O2/c1-3-12-28(13-4-1)41-42-40-37(45-41)25-24-27-14-10-21-34(38(27)40)43(30-16-5-2-6-17-30)31-18-9-15-29(26-31)32-20-11-23-36-39(32)33-19-7-8-22-35(33)44-36/h1-26H. The van der Waals surface area contributed by atoms with Gasteiger partial charge in [-0.25, -0.2) is 4.98 Å². The summed E-state index contributed by atoms with van der Waals surface area (Å²) in [7, 11) is 0. The third-order valence-corrected chi connectivity index (χ3v) is 8.47. The summed E-state index contributed by atoms with van der Waals surface area (Å²) in [6, 6.07) is 54.4. The fourth-order valence-corrected chi connectivity index (χ4v) is 6.47. The number of oxazole rings is 1. The van der Waals surface area contributed by atoms with Gasteiger partial charge in [-0.1, -0.05) is 97.1 Å². The highest BCUT2D eigenvalue weighted by atomic mass is 16.3. The average molecular weight is 579 g/mol. The Labute approximate surface area is 259 Å². The summed E-state index contributed by atoms with van der Waals surface area (Å²) in [5, 5.41) is 4.38. The molecule has 9 rings (SSSR count). The van der Waals surface area contributed by atoms with Gasteiger partial charge in [0.15, 0.2) is 5.58 Å². The molecule has 0 saturated carbocycles. The average Bonchev–Trinajstić information content (AvgIpc) is 3.72. The third-order valence-electron chi connectivity index (χ3n) is 8.47. The third kappa shape index (κ3) is 4.19. The van der Waals surface area contributed by atoms with Crippen molar-refractivity contribution in [1.82, 2.24) is 4.98 Å². The van der Waals surface area contributed by atoms with Gasteiger partial charge in [-0.3, -0.25) is 0 Å². The summed E-state index contributed by atoms with van der Waals surface area (Å²) < 4.78 is 12.5. The minimum atomic E-state index is 0.613. The highest BCUT2D eigenvalue weighted by Gasteiger charge is 2.21. The number of furan rings is 1. The summed E-state index contributed by atoms with van der Waals surface area (Å²) in [6.45, 7) is 0. The van der Waals surface area contributed by atoms with Crippen molar-refractivity contribution < 1.29 is 8.83 Å². The van der Waals surface area contributed by atoms with Crippen molar-refractivity contribution in [1.29, 1.82) is 0 Å². The Kier molecular flexibility index (Phi) is 5.78. The van der Waals surface area contributed by atoms with Crippen LogP contribution in [0.25, 0.3) is 66.4 Å². The van der Waals surface area contributed by atoms with Crippen molar-refractivity contribution >= 4 is 60.9 Å². The number of benzene rings is 7. The molecule has 4 nitrogen and oxygen atoms in total. The van der Waals surface area contributed by atoms with Crippen molar-refractivity contribution in [3.8, 4) is 22.6 Å². The Bertz CT molecular complexity index is 2490. The van der Waals surface area contributed by atoms with Crippen LogP contribution in [0.2, 0.25) is 0 Å². The van der Waals surface area contributed by atoms with Gasteiger partial charge in [0.05, 0.1) is 5.69 Å².